The number of hydrogen-bond donors (Lipinski definition) is 2. The fraction of sp³-hybridized carbons (Fsp3) is 0.625. The highest BCUT2D eigenvalue weighted by atomic mass is 16.5. The Kier molecular flexibility index (Phi) is 3.25. The molecule has 1 rings (SSSR count). The molecule has 1 unspecified atom stereocenters. The average Bonchev–Trinajstić information content (AvgIpc) is 2.47. The van der Waals surface area contributed by atoms with Gasteiger partial charge in [-0.2, -0.15) is 0 Å². The number of hydrogen-bond acceptors (Lipinski definition) is 4. The second-order valence-electron chi connectivity index (χ2n) is 2.95. The highest BCUT2D eigenvalue weighted by Crippen LogP contribution is 2.00. The van der Waals surface area contributed by atoms with E-state index < -0.39 is 0 Å². The van der Waals surface area contributed by atoms with Crippen molar-refractivity contribution in [3.8, 4) is 0 Å². The Hall–Kier alpha value is -0.870. The minimum absolute atomic E-state index is 0.321. The molecular weight excluding hydrogens is 154 g/mol. The number of nitrogens with one attached hydrogen (secondary N) is 1. The Morgan fingerprint density at radius 1 is 1.75 bits per heavy atom. The van der Waals surface area contributed by atoms with Gasteiger partial charge in [-0.25, -0.2) is 0 Å². The summed E-state index contributed by atoms with van der Waals surface area (Å²) < 4.78 is 4.91. The van der Waals surface area contributed by atoms with Gasteiger partial charge in [0.15, 0.2) is 0 Å². The summed E-state index contributed by atoms with van der Waals surface area (Å²) in [4.78, 5) is 0. The first kappa shape index (κ1) is 9.22. The molecule has 0 aliphatic heterocycles. The Balaban J connectivity index is 2.33. The van der Waals surface area contributed by atoms with Crippen molar-refractivity contribution in [2.75, 3.05) is 6.54 Å². The summed E-state index contributed by atoms with van der Waals surface area (Å²) in [5.74, 6) is 0.840. The van der Waals surface area contributed by atoms with Gasteiger partial charge in [0.2, 0.25) is 0 Å². The van der Waals surface area contributed by atoms with Crippen LogP contribution in [0.3, 0.4) is 0 Å². The molecule has 1 heterocycles. The standard InChI is InChI=1S/C8H15N3O/c1-6(4-9)10-5-8-3-7(2)12-11-8/h3,6,10H,4-5,9H2,1-2H3. The molecule has 0 saturated heterocycles. The summed E-state index contributed by atoms with van der Waals surface area (Å²) in [6, 6.07) is 2.23. The van der Waals surface area contributed by atoms with Crippen LogP contribution in [0.25, 0.3) is 0 Å². The van der Waals surface area contributed by atoms with Crippen LogP contribution in [0.15, 0.2) is 10.6 Å². The van der Waals surface area contributed by atoms with Gasteiger partial charge in [0.1, 0.15) is 5.76 Å². The highest BCUT2D eigenvalue weighted by molar-refractivity contribution is 5.02. The molecule has 0 aromatic carbocycles. The molecule has 0 fully saturated rings. The maximum atomic E-state index is 5.44. The first-order valence-corrected chi connectivity index (χ1v) is 4.08. The van der Waals surface area contributed by atoms with Gasteiger partial charge in [-0.05, 0) is 13.8 Å². The first-order valence-electron chi connectivity index (χ1n) is 4.08. The van der Waals surface area contributed by atoms with Crippen molar-refractivity contribution in [1.29, 1.82) is 0 Å². The molecule has 4 heteroatoms. The van der Waals surface area contributed by atoms with Crippen LogP contribution >= 0.6 is 0 Å². The molecule has 4 nitrogen and oxygen atoms in total. The molecule has 0 aliphatic carbocycles. The van der Waals surface area contributed by atoms with Crippen LogP contribution in [0.5, 0.6) is 0 Å². The number of nitrogens with two attached hydrogens (primary N) is 1. The number of aromatic nitrogens is 1. The van der Waals surface area contributed by atoms with Crippen molar-refractivity contribution in [3.05, 3.63) is 17.5 Å². The van der Waals surface area contributed by atoms with E-state index in [4.69, 9.17) is 10.3 Å². The summed E-state index contributed by atoms with van der Waals surface area (Å²) in [6.07, 6.45) is 0. The van der Waals surface area contributed by atoms with Gasteiger partial charge in [-0.1, -0.05) is 5.16 Å². The molecule has 1 aromatic rings. The third-order valence-electron chi connectivity index (χ3n) is 1.66. The van der Waals surface area contributed by atoms with Crippen molar-refractivity contribution >= 4 is 0 Å². The van der Waals surface area contributed by atoms with Crippen LogP contribution in [0.2, 0.25) is 0 Å². The maximum Gasteiger partial charge on any atom is 0.133 e. The molecule has 0 radical (unpaired) electrons. The SMILES string of the molecule is Cc1cc(CNC(C)CN)no1. The molecule has 0 saturated carbocycles. The van der Waals surface area contributed by atoms with Crippen molar-refractivity contribution < 1.29 is 4.52 Å². The quantitative estimate of drug-likeness (QED) is 0.685. The van der Waals surface area contributed by atoms with Gasteiger partial charge in [-0.15, -0.1) is 0 Å². The second-order valence-corrected chi connectivity index (χ2v) is 2.95. The van der Waals surface area contributed by atoms with E-state index in [0.717, 1.165) is 18.0 Å². The van der Waals surface area contributed by atoms with Crippen molar-refractivity contribution in [2.45, 2.75) is 26.4 Å². The lowest BCUT2D eigenvalue weighted by atomic mass is 10.3. The van der Waals surface area contributed by atoms with Crippen LogP contribution in [0.4, 0.5) is 0 Å². The lowest BCUT2D eigenvalue weighted by Crippen LogP contribution is -2.32. The fourth-order valence-corrected chi connectivity index (χ4v) is 0.863. The molecule has 68 valence electrons. The van der Waals surface area contributed by atoms with Gasteiger partial charge in [0.05, 0.1) is 5.69 Å². The number of nitrogens with zero attached hydrogens (tertiary/aromatic N) is 1. The van der Waals surface area contributed by atoms with Gasteiger partial charge < -0.3 is 15.6 Å². The molecule has 1 atom stereocenters. The fourth-order valence-electron chi connectivity index (χ4n) is 0.863. The van der Waals surface area contributed by atoms with Gasteiger partial charge >= 0.3 is 0 Å². The highest BCUT2D eigenvalue weighted by Gasteiger charge is 2.01. The summed E-state index contributed by atoms with van der Waals surface area (Å²) >= 11 is 0. The minimum Gasteiger partial charge on any atom is -0.361 e. The molecule has 12 heavy (non-hydrogen) atoms. The Morgan fingerprint density at radius 3 is 3.00 bits per heavy atom. The Morgan fingerprint density at radius 2 is 2.50 bits per heavy atom. The normalized spacial score (nSPS) is 13.2. The van der Waals surface area contributed by atoms with E-state index in [1.165, 1.54) is 0 Å². The predicted octanol–water partition coefficient (Wildman–Crippen LogP) is 0.420. The largest absolute Gasteiger partial charge is 0.361 e. The van der Waals surface area contributed by atoms with Crippen LogP contribution in [0, 0.1) is 6.92 Å². The second kappa shape index (κ2) is 4.23. The summed E-state index contributed by atoms with van der Waals surface area (Å²) in [7, 11) is 0. The third kappa shape index (κ3) is 2.64. The lowest BCUT2D eigenvalue weighted by Gasteiger charge is -2.08. The van der Waals surface area contributed by atoms with E-state index in [1.807, 2.05) is 19.9 Å². The van der Waals surface area contributed by atoms with E-state index >= 15 is 0 Å². The van der Waals surface area contributed by atoms with E-state index in [9.17, 15) is 0 Å². The van der Waals surface area contributed by atoms with E-state index in [2.05, 4.69) is 10.5 Å². The summed E-state index contributed by atoms with van der Waals surface area (Å²) in [5.41, 5.74) is 6.36. The van der Waals surface area contributed by atoms with Crippen molar-refractivity contribution in [1.82, 2.24) is 10.5 Å². The van der Waals surface area contributed by atoms with Crippen LogP contribution in [-0.4, -0.2) is 17.7 Å². The maximum absolute atomic E-state index is 5.44. The molecule has 3 N–H and O–H groups in total. The van der Waals surface area contributed by atoms with Crippen molar-refractivity contribution in [3.63, 3.8) is 0 Å². The van der Waals surface area contributed by atoms with Gasteiger partial charge in [-0.3, -0.25) is 0 Å². The van der Waals surface area contributed by atoms with Gasteiger partial charge in [0.25, 0.3) is 0 Å². The van der Waals surface area contributed by atoms with Crippen LogP contribution in [0.1, 0.15) is 18.4 Å². The summed E-state index contributed by atoms with van der Waals surface area (Å²) in [6.45, 7) is 5.27. The Bertz CT molecular complexity index is 234. The van der Waals surface area contributed by atoms with E-state index in [0.29, 0.717) is 12.6 Å². The molecular formula is C8H15N3O. The van der Waals surface area contributed by atoms with Crippen LogP contribution in [-0.2, 0) is 6.54 Å². The zero-order valence-corrected chi connectivity index (χ0v) is 7.50. The third-order valence-corrected chi connectivity index (χ3v) is 1.66. The van der Waals surface area contributed by atoms with E-state index in [1.54, 1.807) is 0 Å². The van der Waals surface area contributed by atoms with Gasteiger partial charge in [0, 0.05) is 25.2 Å². The molecule has 0 amide bonds. The minimum atomic E-state index is 0.321. The average molecular weight is 169 g/mol. The molecule has 1 aromatic heterocycles. The smallest absolute Gasteiger partial charge is 0.133 e. The molecule has 0 bridgehead atoms. The lowest BCUT2D eigenvalue weighted by molar-refractivity contribution is 0.386. The van der Waals surface area contributed by atoms with Crippen LogP contribution < -0.4 is 11.1 Å². The van der Waals surface area contributed by atoms with E-state index in [-0.39, 0.29) is 0 Å². The predicted molar refractivity (Wildman–Crippen MR) is 46.6 cm³/mol. The summed E-state index contributed by atoms with van der Waals surface area (Å²) in [5, 5.41) is 7.06. The monoisotopic (exact) mass is 169 g/mol. The topological polar surface area (TPSA) is 64.1 Å². The number of aryl methyl sites for hydroxylation is 1. The Labute approximate surface area is 72.1 Å². The zero-order valence-electron chi connectivity index (χ0n) is 7.50. The molecule has 0 aliphatic rings. The molecule has 0 spiro atoms. The van der Waals surface area contributed by atoms with Crippen molar-refractivity contribution in [2.24, 2.45) is 5.73 Å². The first-order chi connectivity index (χ1) is 5.72. The number of rotatable bonds is 4. The zero-order chi connectivity index (χ0) is 8.97.